The highest BCUT2D eigenvalue weighted by Gasteiger charge is 2.16. The quantitative estimate of drug-likeness (QED) is 0.649. The van der Waals surface area contributed by atoms with Crippen LogP contribution in [0, 0.1) is 15.5 Å². The first-order valence-corrected chi connectivity index (χ1v) is 5.35. The van der Waals surface area contributed by atoms with Gasteiger partial charge in [0.1, 0.15) is 5.69 Å². The lowest BCUT2D eigenvalue weighted by atomic mass is 9.97. The maximum absolute atomic E-state index is 10.8. The number of nitro benzene ring substituents is 1. The Bertz CT molecular complexity index is 399. The SMILES string of the molecule is CC(C)(C)CNc1cc(Cl)ccc1[N+](=O)[O-]. The van der Waals surface area contributed by atoms with E-state index in [1.165, 1.54) is 12.1 Å². The molecule has 1 aromatic carbocycles. The lowest BCUT2D eigenvalue weighted by Gasteiger charge is -2.19. The van der Waals surface area contributed by atoms with Crippen molar-refractivity contribution in [2.24, 2.45) is 5.41 Å². The van der Waals surface area contributed by atoms with Crippen LogP contribution in [-0.2, 0) is 0 Å². The molecule has 0 bridgehead atoms. The van der Waals surface area contributed by atoms with E-state index in [4.69, 9.17) is 11.6 Å². The van der Waals surface area contributed by atoms with Crippen LogP contribution < -0.4 is 5.32 Å². The van der Waals surface area contributed by atoms with E-state index in [0.717, 1.165) is 0 Å². The molecule has 0 aliphatic rings. The molecule has 0 unspecified atom stereocenters. The van der Waals surface area contributed by atoms with E-state index < -0.39 is 4.92 Å². The normalized spacial score (nSPS) is 11.2. The van der Waals surface area contributed by atoms with Crippen molar-refractivity contribution in [3.8, 4) is 0 Å². The highest BCUT2D eigenvalue weighted by atomic mass is 35.5. The van der Waals surface area contributed by atoms with E-state index in [9.17, 15) is 10.1 Å². The van der Waals surface area contributed by atoms with E-state index in [-0.39, 0.29) is 11.1 Å². The Morgan fingerprint density at radius 2 is 2.06 bits per heavy atom. The summed E-state index contributed by atoms with van der Waals surface area (Å²) in [6, 6.07) is 4.50. The molecule has 0 aliphatic carbocycles. The number of rotatable bonds is 3. The van der Waals surface area contributed by atoms with Gasteiger partial charge in [0.25, 0.3) is 5.69 Å². The molecule has 0 radical (unpaired) electrons. The van der Waals surface area contributed by atoms with E-state index in [0.29, 0.717) is 17.3 Å². The highest BCUT2D eigenvalue weighted by Crippen LogP contribution is 2.28. The van der Waals surface area contributed by atoms with Gasteiger partial charge in [0.2, 0.25) is 0 Å². The standard InChI is InChI=1S/C11H15ClN2O2/c1-11(2,3)7-13-9-6-8(12)4-5-10(9)14(15)16/h4-6,13H,7H2,1-3H3. The predicted molar refractivity (Wildman–Crippen MR) is 66.1 cm³/mol. The molecule has 1 aromatic rings. The Labute approximate surface area is 99.8 Å². The van der Waals surface area contributed by atoms with Gasteiger partial charge in [-0.25, -0.2) is 0 Å². The van der Waals surface area contributed by atoms with Crippen LogP contribution in [0.3, 0.4) is 0 Å². The molecule has 0 spiro atoms. The van der Waals surface area contributed by atoms with Gasteiger partial charge in [-0.1, -0.05) is 32.4 Å². The van der Waals surface area contributed by atoms with Crippen LogP contribution in [0.2, 0.25) is 5.02 Å². The second-order valence-electron chi connectivity index (χ2n) is 4.83. The number of hydrogen-bond donors (Lipinski definition) is 1. The van der Waals surface area contributed by atoms with Crippen LogP contribution in [0.5, 0.6) is 0 Å². The Kier molecular flexibility index (Phi) is 3.75. The molecule has 88 valence electrons. The minimum absolute atomic E-state index is 0.0497. The van der Waals surface area contributed by atoms with E-state index in [2.05, 4.69) is 26.1 Å². The van der Waals surface area contributed by atoms with Crippen molar-refractivity contribution < 1.29 is 4.92 Å². The molecule has 0 saturated heterocycles. The molecule has 16 heavy (non-hydrogen) atoms. The molecule has 4 nitrogen and oxygen atoms in total. The number of hydrogen-bond acceptors (Lipinski definition) is 3. The van der Waals surface area contributed by atoms with Gasteiger partial charge in [-0.05, 0) is 17.5 Å². The fourth-order valence-electron chi connectivity index (χ4n) is 1.17. The smallest absolute Gasteiger partial charge is 0.292 e. The van der Waals surface area contributed by atoms with Crippen molar-refractivity contribution in [1.82, 2.24) is 0 Å². The minimum atomic E-state index is -0.415. The van der Waals surface area contributed by atoms with Crippen LogP contribution >= 0.6 is 11.6 Å². The molecule has 0 heterocycles. The molecule has 0 aliphatic heterocycles. The molecule has 1 rings (SSSR count). The molecule has 0 fully saturated rings. The Balaban J connectivity index is 2.93. The van der Waals surface area contributed by atoms with Crippen LogP contribution in [0.4, 0.5) is 11.4 Å². The topological polar surface area (TPSA) is 55.2 Å². The first kappa shape index (κ1) is 12.8. The summed E-state index contributed by atoms with van der Waals surface area (Å²) in [6.45, 7) is 6.80. The number of nitrogens with one attached hydrogen (secondary N) is 1. The lowest BCUT2D eigenvalue weighted by molar-refractivity contribution is -0.384. The van der Waals surface area contributed by atoms with Crippen LogP contribution in [-0.4, -0.2) is 11.5 Å². The van der Waals surface area contributed by atoms with Gasteiger partial charge in [0.15, 0.2) is 0 Å². The third kappa shape index (κ3) is 3.70. The Morgan fingerprint density at radius 1 is 1.44 bits per heavy atom. The Hall–Kier alpha value is -1.29. The van der Waals surface area contributed by atoms with E-state index >= 15 is 0 Å². The summed E-state index contributed by atoms with van der Waals surface area (Å²) in [4.78, 5) is 10.4. The third-order valence-corrected chi connectivity index (χ3v) is 2.20. The number of halogens is 1. The summed E-state index contributed by atoms with van der Waals surface area (Å²) in [5.74, 6) is 0. The van der Waals surface area contributed by atoms with Crippen LogP contribution in [0.25, 0.3) is 0 Å². The first-order valence-electron chi connectivity index (χ1n) is 4.97. The summed E-state index contributed by atoms with van der Waals surface area (Å²) in [6.07, 6.45) is 0. The summed E-state index contributed by atoms with van der Waals surface area (Å²) in [7, 11) is 0. The highest BCUT2D eigenvalue weighted by molar-refractivity contribution is 6.31. The number of benzene rings is 1. The van der Waals surface area contributed by atoms with Crippen molar-refractivity contribution >= 4 is 23.0 Å². The zero-order valence-electron chi connectivity index (χ0n) is 9.58. The fourth-order valence-corrected chi connectivity index (χ4v) is 1.34. The molecule has 5 heteroatoms. The lowest BCUT2D eigenvalue weighted by Crippen LogP contribution is -2.19. The maximum atomic E-state index is 10.8. The zero-order chi connectivity index (χ0) is 12.3. The first-order chi connectivity index (χ1) is 7.29. The van der Waals surface area contributed by atoms with Gasteiger partial charge >= 0.3 is 0 Å². The number of anilines is 1. The van der Waals surface area contributed by atoms with Crippen molar-refractivity contribution in [1.29, 1.82) is 0 Å². The molecule has 0 amide bonds. The van der Waals surface area contributed by atoms with Crippen molar-refractivity contribution in [3.63, 3.8) is 0 Å². The van der Waals surface area contributed by atoms with Gasteiger partial charge in [0, 0.05) is 17.6 Å². The van der Waals surface area contributed by atoms with Gasteiger partial charge in [0.05, 0.1) is 4.92 Å². The summed E-state index contributed by atoms with van der Waals surface area (Å²) in [5.41, 5.74) is 0.567. The van der Waals surface area contributed by atoms with Gasteiger partial charge < -0.3 is 5.32 Å². The monoisotopic (exact) mass is 242 g/mol. The fraction of sp³-hybridized carbons (Fsp3) is 0.455. The molecular formula is C11H15ClN2O2. The molecule has 0 aromatic heterocycles. The zero-order valence-corrected chi connectivity index (χ0v) is 10.3. The Morgan fingerprint density at radius 3 is 2.56 bits per heavy atom. The third-order valence-electron chi connectivity index (χ3n) is 1.96. The van der Waals surface area contributed by atoms with Gasteiger partial charge in [-0.15, -0.1) is 0 Å². The van der Waals surface area contributed by atoms with Crippen LogP contribution in [0.1, 0.15) is 20.8 Å². The largest absolute Gasteiger partial charge is 0.379 e. The summed E-state index contributed by atoms with van der Waals surface area (Å²) >= 11 is 5.81. The molecule has 1 N–H and O–H groups in total. The van der Waals surface area contributed by atoms with E-state index in [1.54, 1.807) is 6.07 Å². The molecule has 0 saturated carbocycles. The summed E-state index contributed by atoms with van der Waals surface area (Å²) < 4.78 is 0. The average Bonchev–Trinajstić information content (AvgIpc) is 2.13. The molecular weight excluding hydrogens is 228 g/mol. The molecule has 0 atom stereocenters. The predicted octanol–water partition coefficient (Wildman–Crippen LogP) is 3.71. The number of nitro groups is 1. The van der Waals surface area contributed by atoms with Crippen molar-refractivity contribution in [2.45, 2.75) is 20.8 Å². The maximum Gasteiger partial charge on any atom is 0.292 e. The van der Waals surface area contributed by atoms with E-state index in [1.807, 2.05) is 0 Å². The van der Waals surface area contributed by atoms with Gasteiger partial charge in [-0.2, -0.15) is 0 Å². The second-order valence-corrected chi connectivity index (χ2v) is 5.27. The van der Waals surface area contributed by atoms with Crippen molar-refractivity contribution in [2.75, 3.05) is 11.9 Å². The van der Waals surface area contributed by atoms with Crippen LogP contribution in [0.15, 0.2) is 18.2 Å². The summed E-state index contributed by atoms with van der Waals surface area (Å²) in [5, 5.41) is 14.3. The minimum Gasteiger partial charge on any atom is -0.379 e. The average molecular weight is 243 g/mol. The second kappa shape index (κ2) is 4.70. The van der Waals surface area contributed by atoms with Gasteiger partial charge in [-0.3, -0.25) is 10.1 Å². The van der Waals surface area contributed by atoms with Crippen molar-refractivity contribution in [3.05, 3.63) is 33.3 Å². The number of nitrogens with zero attached hydrogens (tertiary/aromatic N) is 1.